The lowest BCUT2D eigenvalue weighted by atomic mass is 9.91. The first-order valence-corrected chi connectivity index (χ1v) is 8.01. The van der Waals surface area contributed by atoms with Gasteiger partial charge in [-0.2, -0.15) is 0 Å². The lowest BCUT2D eigenvalue weighted by molar-refractivity contribution is 0.114. The summed E-state index contributed by atoms with van der Waals surface area (Å²) in [6.07, 6.45) is 5.00. The van der Waals surface area contributed by atoms with Gasteiger partial charge in [-0.1, -0.05) is 45.4 Å². The SMILES string of the molecule is CCCc1ccc(CCCOCC2CO2)c(C(C)C)c1. The van der Waals surface area contributed by atoms with E-state index in [0.29, 0.717) is 12.0 Å². The summed E-state index contributed by atoms with van der Waals surface area (Å²) in [6.45, 7) is 9.31. The Balaban J connectivity index is 1.84. The van der Waals surface area contributed by atoms with E-state index < -0.39 is 0 Å². The minimum Gasteiger partial charge on any atom is -0.379 e. The molecule has 0 amide bonds. The van der Waals surface area contributed by atoms with E-state index in [4.69, 9.17) is 9.47 Å². The number of benzene rings is 1. The number of hydrogen-bond acceptors (Lipinski definition) is 2. The zero-order valence-corrected chi connectivity index (χ0v) is 13.2. The van der Waals surface area contributed by atoms with E-state index >= 15 is 0 Å². The van der Waals surface area contributed by atoms with Gasteiger partial charge in [0.25, 0.3) is 0 Å². The highest BCUT2D eigenvalue weighted by molar-refractivity contribution is 5.34. The van der Waals surface area contributed by atoms with Gasteiger partial charge in [-0.3, -0.25) is 0 Å². The zero-order valence-electron chi connectivity index (χ0n) is 13.2. The van der Waals surface area contributed by atoms with Crippen molar-refractivity contribution >= 4 is 0 Å². The second-order valence-corrected chi connectivity index (χ2v) is 6.07. The highest BCUT2D eigenvalue weighted by atomic mass is 16.6. The summed E-state index contributed by atoms with van der Waals surface area (Å²) in [5.41, 5.74) is 4.48. The molecule has 1 aliphatic rings. The molecule has 0 N–H and O–H groups in total. The van der Waals surface area contributed by atoms with E-state index in [1.807, 2.05) is 0 Å². The van der Waals surface area contributed by atoms with Crippen molar-refractivity contribution in [2.75, 3.05) is 19.8 Å². The maximum atomic E-state index is 5.62. The van der Waals surface area contributed by atoms with Crippen LogP contribution in [0.15, 0.2) is 18.2 Å². The standard InChI is InChI=1S/C18H28O2/c1-4-6-15-8-9-16(18(11-15)14(2)3)7-5-10-19-12-17-13-20-17/h8-9,11,14,17H,4-7,10,12-13H2,1-3H3. The maximum Gasteiger partial charge on any atom is 0.104 e. The third-order valence-electron chi connectivity index (χ3n) is 3.81. The van der Waals surface area contributed by atoms with Gasteiger partial charge in [0, 0.05) is 6.61 Å². The molecule has 2 nitrogen and oxygen atoms in total. The van der Waals surface area contributed by atoms with Crippen molar-refractivity contribution in [1.82, 2.24) is 0 Å². The van der Waals surface area contributed by atoms with Crippen molar-refractivity contribution in [3.8, 4) is 0 Å². The van der Waals surface area contributed by atoms with Crippen LogP contribution in [0, 0.1) is 0 Å². The number of rotatable bonds is 9. The summed E-state index contributed by atoms with van der Waals surface area (Å²) in [5.74, 6) is 0.600. The molecular weight excluding hydrogens is 248 g/mol. The molecule has 0 aromatic heterocycles. The van der Waals surface area contributed by atoms with Crippen LogP contribution in [0.25, 0.3) is 0 Å². The Morgan fingerprint density at radius 2 is 2.10 bits per heavy atom. The van der Waals surface area contributed by atoms with Crippen molar-refractivity contribution in [3.63, 3.8) is 0 Å². The molecule has 1 aliphatic heterocycles. The summed E-state index contributed by atoms with van der Waals surface area (Å²) in [4.78, 5) is 0. The molecule has 2 rings (SSSR count). The molecule has 0 bridgehead atoms. The van der Waals surface area contributed by atoms with E-state index in [-0.39, 0.29) is 0 Å². The quantitative estimate of drug-likeness (QED) is 0.500. The van der Waals surface area contributed by atoms with Crippen LogP contribution in [0.3, 0.4) is 0 Å². The molecule has 112 valence electrons. The highest BCUT2D eigenvalue weighted by Crippen LogP contribution is 2.23. The smallest absolute Gasteiger partial charge is 0.104 e. The molecule has 20 heavy (non-hydrogen) atoms. The van der Waals surface area contributed by atoms with Gasteiger partial charge in [-0.05, 0) is 41.9 Å². The molecule has 1 fully saturated rings. The molecular formula is C18H28O2. The van der Waals surface area contributed by atoms with Crippen LogP contribution in [-0.4, -0.2) is 25.9 Å². The van der Waals surface area contributed by atoms with Gasteiger partial charge in [-0.25, -0.2) is 0 Å². The van der Waals surface area contributed by atoms with Crippen LogP contribution in [0.1, 0.15) is 56.2 Å². The van der Waals surface area contributed by atoms with Gasteiger partial charge in [-0.15, -0.1) is 0 Å². The normalized spacial score (nSPS) is 17.7. The predicted octanol–water partition coefficient (Wildman–Crippen LogP) is 4.11. The minimum absolute atomic E-state index is 0.384. The van der Waals surface area contributed by atoms with Crippen LogP contribution in [0.4, 0.5) is 0 Å². The molecule has 1 heterocycles. The average Bonchev–Trinajstić information content (AvgIpc) is 3.24. The Bertz CT molecular complexity index is 408. The molecule has 1 aromatic carbocycles. The van der Waals surface area contributed by atoms with Gasteiger partial charge in [0.05, 0.1) is 13.2 Å². The summed E-state index contributed by atoms with van der Waals surface area (Å²) in [7, 11) is 0. The van der Waals surface area contributed by atoms with Crippen molar-refractivity contribution in [1.29, 1.82) is 0 Å². The molecule has 0 radical (unpaired) electrons. The second kappa shape index (κ2) is 7.80. The van der Waals surface area contributed by atoms with Crippen LogP contribution < -0.4 is 0 Å². The summed E-state index contributed by atoms with van der Waals surface area (Å²) < 4.78 is 10.8. The third-order valence-corrected chi connectivity index (χ3v) is 3.81. The van der Waals surface area contributed by atoms with E-state index in [1.54, 1.807) is 0 Å². The first kappa shape index (κ1) is 15.5. The predicted molar refractivity (Wildman–Crippen MR) is 83.4 cm³/mol. The fraction of sp³-hybridized carbons (Fsp3) is 0.667. The number of ether oxygens (including phenoxy) is 2. The first-order valence-electron chi connectivity index (χ1n) is 8.01. The Hall–Kier alpha value is -0.860. The molecule has 2 heteroatoms. The van der Waals surface area contributed by atoms with E-state index in [9.17, 15) is 0 Å². The average molecular weight is 276 g/mol. The number of epoxide rings is 1. The van der Waals surface area contributed by atoms with Crippen LogP contribution >= 0.6 is 0 Å². The molecule has 1 atom stereocenters. The zero-order chi connectivity index (χ0) is 14.4. The van der Waals surface area contributed by atoms with E-state index in [1.165, 1.54) is 29.5 Å². The second-order valence-electron chi connectivity index (χ2n) is 6.07. The fourth-order valence-corrected chi connectivity index (χ4v) is 2.60. The van der Waals surface area contributed by atoms with Gasteiger partial charge < -0.3 is 9.47 Å². The maximum absolute atomic E-state index is 5.62. The third kappa shape index (κ3) is 4.92. The van der Waals surface area contributed by atoms with E-state index in [2.05, 4.69) is 39.0 Å². The van der Waals surface area contributed by atoms with Crippen LogP contribution in [0.5, 0.6) is 0 Å². The highest BCUT2D eigenvalue weighted by Gasteiger charge is 2.21. The fourth-order valence-electron chi connectivity index (χ4n) is 2.60. The van der Waals surface area contributed by atoms with Crippen LogP contribution in [0.2, 0.25) is 0 Å². The van der Waals surface area contributed by atoms with Crippen LogP contribution in [-0.2, 0) is 22.3 Å². The molecule has 1 unspecified atom stereocenters. The monoisotopic (exact) mass is 276 g/mol. The molecule has 0 aliphatic carbocycles. The Morgan fingerprint density at radius 3 is 2.75 bits per heavy atom. The van der Waals surface area contributed by atoms with Gasteiger partial charge in [0.15, 0.2) is 0 Å². The lowest BCUT2D eigenvalue weighted by Crippen LogP contribution is -2.05. The molecule has 1 aromatic rings. The Kier molecular flexibility index (Phi) is 6.06. The molecule has 0 spiro atoms. The minimum atomic E-state index is 0.384. The van der Waals surface area contributed by atoms with Crippen molar-refractivity contribution in [3.05, 3.63) is 34.9 Å². The summed E-state index contributed by atoms with van der Waals surface area (Å²) in [6, 6.07) is 7.02. The van der Waals surface area contributed by atoms with E-state index in [0.717, 1.165) is 32.7 Å². The Morgan fingerprint density at radius 1 is 1.30 bits per heavy atom. The first-order chi connectivity index (χ1) is 9.70. The molecule has 0 saturated carbocycles. The van der Waals surface area contributed by atoms with Crippen molar-refractivity contribution in [2.45, 2.75) is 58.5 Å². The largest absolute Gasteiger partial charge is 0.379 e. The van der Waals surface area contributed by atoms with Gasteiger partial charge in [0.1, 0.15) is 6.10 Å². The summed E-state index contributed by atoms with van der Waals surface area (Å²) >= 11 is 0. The molecule has 1 saturated heterocycles. The Labute approximate surface area is 123 Å². The number of hydrogen-bond donors (Lipinski definition) is 0. The number of aryl methyl sites for hydroxylation is 2. The topological polar surface area (TPSA) is 21.8 Å². The lowest BCUT2D eigenvalue weighted by Gasteiger charge is -2.15. The van der Waals surface area contributed by atoms with Gasteiger partial charge in [0.2, 0.25) is 0 Å². The van der Waals surface area contributed by atoms with Crippen molar-refractivity contribution in [2.24, 2.45) is 0 Å². The van der Waals surface area contributed by atoms with Gasteiger partial charge >= 0.3 is 0 Å². The van der Waals surface area contributed by atoms with Crippen molar-refractivity contribution < 1.29 is 9.47 Å². The summed E-state index contributed by atoms with van der Waals surface area (Å²) in [5, 5.41) is 0.